The van der Waals surface area contributed by atoms with E-state index in [1.54, 1.807) is 43.5 Å². The Morgan fingerprint density at radius 1 is 1.12 bits per heavy atom. The van der Waals surface area contributed by atoms with Crippen molar-refractivity contribution in [1.82, 2.24) is 0 Å². The number of carbonyl (C=O) groups excluding carboxylic acids is 2. The Morgan fingerprint density at radius 3 is 2.58 bits per heavy atom. The summed E-state index contributed by atoms with van der Waals surface area (Å²) in [4.78, 5) is 23.9. The molecule has 0 fully saturated rings. The second kappa shape index (κ2) is 8.12. The maximum atomic E-state index is 12.4. The molecule has 0 atom stereocenters. The molecule has 2 aromatic carbocycles. The molecule has 6 nitrogen and oxygen atoms in total. The molecule has 2 amide bonds. The Labute approximate surface area is 141 Å². The molecule has 0 saturated carbocycles. The van der Waals surface area contributed by atoms with E-state index in [2.05, 4.69) is 10.6 Å². The molecule has 4 N–H and O–H groups in total. The number of aryl methyl sites for hydroxylation is 1. The van der Waals surface area contributed by atoms with E-state index >= 15 is 0 Å². The molecule has 126 valence electrons. The van der Waals surface area contributed by atoms with Crippen LogP contribution in [0.5, 0.6) is 5.75 Å². The maximum absolute atomic E-state index is 12.4. The van der Waals surface area contributed by atoms with Crippen molar-refractivity contribution in [3.05, 3.63) is 53.6 Å². The van der Waals surface area contributed by atoms with E-state index in [1.807, 2.05) is 13.0 Å². The van der Waals surface area contributed by atoms with Crippen LogP contribution in [0.3, 0.4) is 0 Å². The smallest absolute Gasteiger partial charge is 0.255 e. The van der Waals surface area contributed by atoms with Crippen LogP contribution in [0.2, 0.25) is 0 Å². The average Bonchev–Trinajstić information content (AvgIpc) is 2.61. The second-order valence-corrected chi connectivity index (χ2v) is 5.16. The number of benzene rings is 2. The average molecular weight is 327 g/mol. The molecule has 2 rings (SSSR count). The van der Waals surface area contributed by atoms with E-state index in [9.17, 15) is 9.59 Å². The summed E-state index contributed by atoms with van der Waals surface area (Å²) in [5.74, 6) is 0.0788. The third-order valence-electron chi connectivity index (χ3n) is 3.54. The van der Waals surface area contributed by atoms with Crippen LogP contribution in [0.25, 0.3) is 0 Å². The predicted octanol–water partition coefficient (Wildman–Crippen LogP) is 2.41. The van der Waals surface area contributed by atoms with E-state index in [1.165, 1.54) is 0 Å². The molecular formula is C18H21N3O3. The molecule has 0 aliphatic rings. The van der Waals surface area contributed by atoms with Crippen LogP contribution < -0.4 is 21.1 Å². The first-order valence-electron chi connectivity index (χ1n) is 7.65. The van der Waals surface area contributed by atoms with Crippen molar-refractivity contribution in [1.29, 1.82) is 0 Å². The quantitative estimate of drug-likeness (QED) is 0.759. The SMILES string of the molecule is CCc1ccc(NC(=O)c2cccc(OC)c2)cc1NC(=O)CN. The minimum absolute atomic E-state index is 0.0937. The van der Waals surface area contributed by atoms with Gasteiger partial charge in [-0.2, -0.15) is 0 Å². The number of anilines is 2. The Hall–Kier alpha value is -2.86. The van der Waals surface area contributed by atoms with Crippen LogP contribution in [-0.4, -0.2) is 25.5 Å². The van der Waals surface area contributed by atoms with Gasteiger partial charge in [-0.25, -0.2) is 0 Å². The van der Waals surface area contributed by atoms with Gasteiger partial charge >= 0.3 is 0 Å². The van der Waals surface area contributed by atoms with Gasteiger partial charge in [-0.05, 0) is 42.3 Å². The highest BCUT2D eigenvalue weighted by Crippen LogP contribution is 2.22. The first-order valence-corrected chi connectivity index (χ1v) is 7.65. The van der Waals surface area contributed by atoms with Crippen LogP contribution in [0, 0.1) is 0 Å². The molecule has 0 radical (unpaired) electrons. The first-order chi connectivity index (χ1) is 11.6. The van der Waals surface area contributed by atoms with Crippen molar-refractivity contribution in [2.75, 3.05) is 24.3 Å². The van der Waals surface area contributed by atoms with Crippen molar-refractivity contribution in [3.8, 4) is 5.75 Å². The molecule has 0 aliphatic carbocycles. The van der Waals surface area contributed by atoms with Gasteiger partial charge in [0.1, 0.15) is 5.75 Å². The molecule has 2 aromatic rings. The third-order valence-corrected chi connectivity index (χ3v) is 3.54. The Bertz CT molecular complexity index is 744. The van der Waals surface area contributed by atoms with E-state index < -0.39 is 0 Å². The van der Waals surface area contributed by atoms with Gasteiger partial charge in [0.05, 0.1) is 13.7 Å². The molecule has 6 heteroatoms. The molecule has 0 bridgehead atoms. The van der Waals surface area contributed by atoms with Crippen molar-refractivity contribution in [2.45, 2.75) is 13.3 Å². The van der Waals surface area contributed by atoms with Gasteiger partial charge in [-0.3, -0.25) is 9.59 Å². The zero-order valence-corrected chi connectivity index (χ0v) is 13.8. The van der Waals surface area contributed by atoms with Crippen LogP contribution >= 0.6 is 0 Å². The Balaban J connectivity index is 2.20. The lowest BCUT2D eigenvalue weighted by Crippen LogP contribution is -2.22. The number of hydrogen-bond acceptors (Lipinski definition) is 4. The fourth-order valence-electron chi connectivity index (χ4n) is 2.25. The lowest BCUT2D eigenvalue weighted by Gasteiger charge is -2.12. The van der Waals surface area contributed by atoms with Crippen molar-refractivity contribution in [2.24, 2.45) is 5.73 Å². The number of hydrogen-bond donors (Lipinski definition) is 3. The monoisotopic (exact) mass is 327 g/mol. The summed E-state index contributed by atoms with van der Waals surface area (Å²) in [5.41, 5.74) is 8.04. The maximum Gasteiger partial charge on any atom is 0.255 e. The normalized spacial score (nSPS) is 10.1. The van der Waals surface area contributed by atoms with Crippen LogP contribution in [0.15, 0.2) is 42.5 Å². The molecular weight excluding hydrogens is 306 g/mol. The van der Waals surface area contributed by atoms with Crippen LogP contribution in [-0.2, 0) is 11.2 Å². The number of ether oxygens (including phenoxy) is 1. The van der Waals surface area contributed by atoms with E-state index in [0.29, 0.717) is 22.7 Å². The van der Waals surface area contributed by atoms with Gasteiger partial charge in [-0.1, -0.05) is 19.1 Å². The summed E-state index contributed by atoms with van der Waals surface area (Å²) in [5, 5.41) is 5.56. The first kappa shape index (κ1) is 17.5. The second-order valence-electron chi connectivity index (χ2n) is 5.16. The van der Waals surface area contributed by atoms with Gasteiger partial charge in [0.2, 0.25) is 5.91 Å². The molecule has 0 saturated heterocycles. The molecule has 0 aliphatic heterocycles. The lowest BCUT2D eigenvalue weighted by molar-refractivity contribution is -0.114. The van der Waals surface area contributed by atoms with Gasteiger partial charge in [-0.15, -0.1) is 0 Å². The summed E-state index contributed by atoms with van der Waals surface area (Å²) in [7, 11) is 1.55. The van der Waals surface area contributed by atoms with Gasteiger partial charge < -0.3 is 21.1 Å². The number of nitrogens with two attached hydrogens (primary N) is 1. The predicted molar refractivity (Wildman–Crippen MR) is 94.5 cm³/mol. The molecule has 0 unspecified atom stereocenters. The van der Waals surface area contributed by atoms with Gasteiger partial charge in [0.15, 0.2) is 0 Å². The number of methoxy groups -OCH3 is 1. The summed E-state index contributed by atoms with van der Waals surface area (Å²) < 4.78 is 5.12. The van der Waals surface area contributed by atoms with E-state index in [4.69, 9.17) is 10.5 Å². The highest BCUT2D eigenvalue weighted by Gasteiger charge is 2.10. The van der Waals surface area contributed by atoms with Crippen molar-refractivity contribution < 1.29 is 14.3 Å². The Kier molecular flexibility index (Phi) is 5.92. The summed E-state index contributed by atoms with van der Waals surface area (Å²) in [6, 6.07) is 12.3. The van der Waals surface area contributed by atoms with Crippen molar-refractivity contribution >= 4 is 23.2 Å². The Morgan fingerprint density at radius 2 is 1.92 bits per heavy atom. The zero-order valence-electron chi connectivity index (χ0n) is 13.8. The molecule has 0 aromatic heterocycles. The highest BCUT2D eigenvalue weighted by molar-refractivity contribution is 6.05. The molecule has 0 spiro atoms. The van der Waals surface area contributed by atoms with E-state index in [0.717, 1.165) is 12.0 Å². The molecule has 24 heavy (non-hydrogen) atoms. The highest BCUT2D eigenvalue weighted by atomic mass is 16.5. The summed E-state index contributed by atoms with van der Waals surface area (Å²) in [6.45, 7) is 1.89. The number of amides is 2. The van der Waals surface area contributed by atoms with Crippen molar-refractivity contribution in [3.63, 3.8) is 0 Å². The van der Waals surface area contributed by atoms with E-state index in [-0.39, 0.29) is 18.4 Å². The summed E-state index contributed by atoms with van der Waals surface area (Å²) >= 11 is 0. The molecule has 0 heterocycles. The minimum atomic E-state index is -0.277. The number of nitrogens with one attached hydrogen (secondary N) is 2. The lowest BCUT2D eigenvalue weighted by atomic mass is 10.1. The summed E-state index contributed by atoms with van der Waals surface area (Å²) in [6.07, 6.45) is 0.754. The number of carbonyl (C=O) groups is 2. The zero-order chi connectivity index (χ0) is 17.5. The fourth-order valence-corrected chi connectivity index (χ4v) is 2.25. The topological polar surface area (TPSA) is 93.5 Å². The van der Waals surface area contributed by atoms with Crippen LogP contribution in [0.4, 0.5) is 11.4 Å². The van der Waals surface area contributed by atoms with Gasteiger partial charge in [0, 0.05) is 16.9 Å². The largest absolute Gasteiger partial charge is 0.497 e. The van der Waals surface area contributed by atoms with Crippen LogP contribution in [0.1, 0.15) is 22.8 Å². The fraction of sp³-hybridized carbons (Fsp3) is 0.222. The standard InChI is InChI=1S/C18H21N3O3/c1-3-12-7-8-14(10-16(12)21-17(22)11-19)20-18(23)13-5-4-6-15(9-13)24-2/h4-10H,3,11,19H2,1-2H3,(H,20,23)(H,21,22). The minimum Gasteiger partial charge on any atom is -0.497 e. The van der Waals surface area contributed by atoms with Gasteiger partial charge in [0.25, 0.3) is 5.91 Å². The third kappa shape index (κ3) is 4.33. The number of rotatable bonds is 6.